The maximum absolute atomic E-state index is 12.7. The number of nitrogens with one attached hydrogen (secondary N) is 1. The summed E-state index contributed by atoms with van der Waals surface area (Å²) < 4.78 is 32.6. The highest BCUT2D eigenvalue weighted by molar-refractivity contribution is 7.14. The smallest absolute Gasteiger partial charge is 0.272 e. The van der Waals surface area contributed by atoms with E-state index in [1.165, 1.54) is 12.1 Å². The standard InChI is InChI=1S/C19H20F2N4O2S/c1-24-14-3-2-12(11-25-6-8-27-9-7-25)10-13(14)22-19(24)23-18(26)16-5-4-15(28-16)17(20)21/h2-5,10,17H,6-9,11H2,1H3,(H,22,23,26). The lowest BCUT2D eigenvalue weighted by Crippen LogP contribution is -2.35. The molecule has 28 heavy (non-hydrogen) atoms. The van der Waals surface area contributed by atoms with Gasteiger partial charge in [-0.15, -0.1) is 11.3 Å². The molecule has 0 aliphatic carbocycles. The van der Waals surface area contributed by atoms with Gasteiger partial charge in [0.05, 0.1) is 34.0 Å². The molecular weight excluding hydrogens is 386 g/mol. The number of aryl methyl sites for hydroxylation is 1. The number of hydrogen-bond acceptors (Lipinski definition) is 5. The van der Waals surface area contributed by atoms with Crippen molar-refractivity contribution in [3.05, 3.63) is 45.6 Å². The summed E-state index contributed by atoms with van der Waals surface area (Å²) in [6.45, 7) is 4.13. The second-order valence-corrected chi connectivity index (χ2v) is 7.78. The van der Waals surface area contributed by atoms with Gasteiger partial charge in [0.15, 0.2) is 0 Å². The number of carbonyl (C=O) groups excluding carboxylic acids is 1. The average Bonchev–Trinajstić information content (AvgIpc) is 3.29. The van der Waals surface area contributed by atoms with Crippen molar-refractivity contribution in [1.29, 1.82) is 0 Å². The molecule has 3 aromatic rings. The number of rotatable bonds is 5. The number of ether oxygens (including phenoxy) is 1. The van der Waals surface area contributed by atoms with Gasteiger partial charge in [-0.2, -0.15) is 0 Å². The van der Waals surface area contributed by atoms with E-state index in [9.17, 15) is 13.6 Å². The highest BCUT2D eigenvalue weighted by Gasteiger charge is 2.18. The molecule has 1 amide bonds. The minimum absolute atomic E-state index is 0.122. The first-order valence-corrected chi connectivity index (χ1v) is 9.77. The highest BCUT2D eigenvalue weighted by atomic mass is 32.1. The Hall–Kier alpha value is -2.36. The number of benzene rings is 1. The number of thiophene rings is 1. The first-order valence-electron chi connectivity index (χ1n) is 8.96. The van der Waals surface area contributed by atoms with Crippen LogP contribution in [0, 0.1) is 0 Å². The molecule has 0 saturated carbocycles. The van der Waals surface area contributed by atoms with E-state index in [2.05, 4.69) is 21.3 Å². The quantitative estimate of drug-likeness (QED) is 0.703. The maximum Gasteiger partial charge on any atom is 0.272 e. The first kappa shape index (κ1) is 19.0. The van der Waals surface area contributed by atoms with Gasteiger partial charge in [0, 0.05) is 26.7 Å². The molecule has 1 aliphatic heterocycles. The molecule has 1 saturated heterocycles. The lowest BCUT2D eigenvalue weighted by molar-refractivity contribution is 0.0342. The van der Waals surface area contributed by atoms with Crippen molar-refractivity contribution >= 4 is 34.2 Å². The molecule has 0 unspecified atom stereocenters. The Morgan fingerprint density at radius 1 is 1.29 bits per heavy atom. The van der Waals surface area contributed by atoms with Crippen molar-refractivity contribution in [3.8, 4) is 0 Å². The Bertz CT molecular complexity index is 995. The van der Waals surface area contributed by atoms with Gasteiger partial charge >= 0.3 is 0 Å². The number of nitrogens with zero attached hydrogens (tertiary/aromatic N) is 3. The van der Waals surface area contributed by atoms with Crippen LogP contribution in [0.15, 0.2) is 30.3 Å². The van der Waals surface area contributed by atoms with Crippen LogP contribution in [0.4, 0.5) is 14.7 Å². The lowest BCUT2D eigenvalue weighted by Gasteiger charge is -2.26. The van der Waals surface area contributed by atoms with E-state index in [1.54, 1.807) is 4.57 Å². The maximum atomic E-state index is 12.7. The summed E-state index contributed by atoms with van der Waals surface area (Å²) in [5.41, 5.74) is 2.81. The van der Waals surface area contributed by atoms with Crippen molar-refractivity contribution in [2.75, 3.05) is 31.6 Å². The molecule has 0 radical (unpaired) electrons. The molecule has 1 aromatic carbocycles. The van der Waals surface area contributed by atoms with Crippen LogP contribution < -0.4 is 5.32 Å². The van der Waals surface area contributed by atoms with Crippen LogP contribution in [0.1, 0.15) is 26.5 Å². The van der Waals surface area contributed by atoms with Gasteiger partial charge in [-0.25, -0.2) is 13.8 Å². The second kappa shape index (κ2) is 7.94. The third-order valence-corrected chi connectivity index (χ3v) is 5.84. The Morgan fingerprint density at radius 2 is 2.07 bits per heavy atom. The number of imidazole rings is 1. The Balaban J connectivity index is 1.52. The molecule has 3 heterocycles. The van der Waals surface area contributed by atoms with E-state index in [0.29, 0.717) is 5.95 Å². The third-order valence-electron chi connectivity index (χ3n) is 4.75. The van der Waals surface area contributed by atoms with E-state index in [4.69, 9.17) is 4.74 Å². The molecule has 4 rings (SSSR count). The molecular formula is C19H20F2N4O2S. The lowest BCUT2D eigenvalue weighted by atomic mass is 10.2. The largest absolute Gasteiger partial charge is 0.379 e. The van der Waals surface area contributed by atoms with Crippen LogP contribution in [-0.4, -0.2) is 46.7 Å². The number of morpholine rings is 1. The molecule has 0 atom stereocenters. The number of anilines is 1. The molecule has 1 aliphatic rings. The highest BCUT2D eigenvalue weighted by Crippen LogP contribution is 2.28. The predicted octanol–water partition coefficient (Wildman–Crippen LogP) is 3.66. The van der Waals surface area contributed by atoms with Gasteiger partial charge in [-0.3, -0.25) is 15.0 Å². The van der Waals surface area contributed by atoms with E-state index in [0.717, 1.165) is 60.8 Å². The summed E-state index contributed by atoms with van der Waals surface area (Å²) in [5, 5.41) is 2.72. The van der Waals surface area contributed by atoms with Crippen molar-refractivity contribution in [2.45, 2.75) is 13.0 Å². The Labute approximate surface area is 164 Å². The molecule has 6 nitrogen and oxygen atoms in total. The topological polar surface area (TPSA) is 59.4 Å². The summed E-state index contributed by atoms with van der Waals surface area (Å²) >= 11 is 0.788. The molecule has 9 heteroatoms. The first-order chi connectivity index (χ1) is 13.5. The van der Waals surface area contributed by atoms with E-state index in [-0.39, 0.29) is 9.75 Å². The van der Waals surface area contributed by atoms with Crippen LogP contribution in [-0.2, 0) is 18.3 Å². The molecule has 1 fully saturated rings. The van der Waals surface area contributed by atoms with Gasteiger partial charge in [-0.05, 0) is 29.8 Å². The number of halogens is 2. The van der Waals surface area contributed by atoms with Crippen molar-refractivity contribution in [2.24, 2.45) is 7.05 Å². The number of carbonyl (C=O) groups is 1. The van der Waals surface area contributed by atoms with Crippen LogP contribution >= 0.6 is 11.3 Å². The minimum atomic E-state index is -2.58. The van der Waals surface area contributed by atoms with Crippen molar-refractivity contribution < 1.29 is 18.3 Å². The van der Waals surface area contributed by atoms with Gasteiger partial charge in [-0.1, -0.05) is 6.07 Å². The van der Waals surface area contributed by atoms with Crippen LogP contribution in [0.2, 0.25) is 0 Å². The van der Waals surface area contributed by atoms with Crippen LogP contribution in [0.25, 0.3) is 11.0 Å². The second-order valence-electron chi connectivity index (χ2n) is 6.66. The van der Waals surface area contributed by atoms with E-state index < -0.39 is 12.3 Å². The third kappa shape index (κ3) is 3.91. The zero-order chi connectivity index (χ0) is 19.7. The van der Waals surface area contributed by atoms with E-state index >= 15 is 0 Å². The van der Waals surface area contributed by atoms with Gasteiger partial charge in [0.1, 0.15) is 0 Å². The van der Waals surface area contributed by atoms with Gasteiger partial charge < -0.3 is 9.30 Å². The molecule has 1 N–H and O–H groups in total. The summed E-state index contributed by atoms with van der Waals surface area (Å²) in [4.78, 5) is 19.3. The fourth-order valence-electron chi connectivity index (χ4n) is 3.23. The predicted molar refractivity (Wildman–Crippen MR) is 104 cm³/mol. The molecule has 0 bridgehead atoms. The number of fused-ring (bicyclic) bond motifs is 1. The average molecular weight is 406 g/mol. The zero-order valence-electron chi connectivity index (χ0n) is 15.3. The summed E-state index contributed by atoms with van der Waals surface area (Å²) in [6.07, 6.45) is -2.58. The monoisotopic (exact) mass is 406 g/mol. The molecule has 2 aromatic heterocycles. The zero-order valence-corrected chi connectivity index (χ0v) is 16.1. The SMILES string of the molecule is Cn1c(NC(=O)c2ccc(C(F)F)s2)nc2cc(CN3CCOCC3)ccc21. The van der Waals surface area contributed by atoms with Crippen molar-refractivity contribution in [3.63, 3.8) is 0 Å². The van der Waals surface area contributed by atoms with Gasteiger partial charge in [0.2, 0.25) is 5.95 Å². The Kier molecular flexibility index (Phi) is 5.38. The fraction of sp³-hybridized carbons (Fsp3) is 0.368. The number of hydrogen-bond donors (Lipinski definition) is 1. The summed E-state index contributed by atoms with van der Waals surface area (Å²) in [7, 11) is 1.81. The summed E-state index contributed by atoms with van der Waals surface area (Å²) in [5.74, 6) is -0.0561. The number of amides is 1. The number of alkyl halides is 2. The molecule has 0 spiro atoms. The van der Waals surface area contributed by atoms with E-state index in [1.807, 2.05) is 19.2 Å². The van der Waals surface area contributed by atoms with Crippen molar-refractivity contribution in [1.82, 2.24) is 14.5 Å². The van der Waals surface area contributed by atoms with Crippen LogP contribution in [0.3, 0.4) is 0 Å². The Morgan fingerprint density at radius 3 is 2.79 bits per heavy atom. The molecule has 148 valence electrons. The van der Waals surface area contributed by atoms with Gasteiger partial charge in [0.25, 0.3) is 12.3 Å². The van der Waals surface area contributed by atoms with Crippen LogP contribution in [0.5, 0.6) is 0 Å². The summed E-state index contributed by atoms with van der Waals surface area (Å²) in [6, 6.07) is 8.73. The normalized spacial score (nSPS) is 15.4. The fourth-order valence-corrected chi connectivity index (χ4v) is 3.99. The number of aromatic nitrogens is 2. The minimum Gasteiger partial charge on any atom is -0.379 e.